The topological polar surface area (TPSA) is 125 Å². The average Bonchev–Trinajstić information content (AvgIpc) is 3.61. The molecule has 0 bridgehead atoms. The number of fused-ring (bicyclic) bond motifs is 2. The minimum atomic E-state index is 0.0591. The summed E-state index contributed by atoms with van der Waals surface area (Å²) in [7, 11) is 0. The number of nitrogens with one attached hydrogen (secondary N) is 3. The quantitative estimate of drug-likeness (QED) is 0.300. The molecule has 7 rings (SSSR count). The van der Waals surface area contributed by atoms with Crippen molar-refractivity contribution in [3.8, 4) is 33.8 Å². The number of nitrogens with zero attached hydrogens (tertiary/aromatic N) is 4. The fourth-order valence-corrected chi connectivity index (χ4v) is 4.64. The second-order valence-corrected chi connectivity index (χ2v) is 9.09. The van der Waals surface area contributed by atoms with E-state index < -0.39 is 0 Å². The van der Waals surface area contributed by atoms with Gasteiger partial charge in [0.1, 0.15) is 11.2 Å². The van der Waals surface area contributed by atoms with Crippen LogP contribution in [0.5, 0.6) is 0 Å². The lowest BCUT2D eigenvalue weighted by Gasteiger charge is -2.24. The zero-order valence-electron chi connectivity index (χ0n) is 19.2. The maximum absolute atomic E-state index is 12.4. The van der Waals surface area contributed by atoms with Crippen LogP contribution in [-0.2, 0) is 4.79 Å². The molecule has 6 aromatic rings. The van der Waals surface area contributed by atoms with Gasteiger partial charge in [-0.15, -0.1) is 0 Å². The molecule has 1 saturated carbocycles. The Balaban J connectivity index is 1.26. The second kappa shape index (κ2) is 8.16. The number of anilines is 1. The minimum Gasteiger partial charge on any atom is -0.472 e. The van der Waals surface area contributed by atoms with Crippen LogP contribution in [0.1, 0.15) is 19.3 Å². The highest BCUT2D eigenvalue weighted by molar-refractivity contribution is 6.00. The Morgan fingerprint density at radius 2 is 1.92 bits per heavy atom. The molecule has 1 aliphatic rings. The van der Waals surface area contributed by atoms with Crippen LogP contribution >= 0.6 is 0 Å². The molecule has 0 aliphatic heterocycles. The molecule has 9 heteroatoms. The van der Waals surface area contributed by atoms with Crippen LogP contribution in [0.4, 0.5) is 5.69 Å². The molecule has 3 N–H and O–H groups in total. The van der Waals surface area contributed by atoms with Gasteiger partial charge in [-0.25, -0.2) is 4.98 Å². The molecule has 6 aromatic heterocycles. The lowest BCUT2D eigenvalue weighted by atomic mass is 9.85. The van der Waals surface area contributed by atoms with E-state index in [1.54, 1.807) is 31.1 Å². The van der Waals surface area contributed by atoms with Crippen LogP contribution in [-0.4, -0.2) is 36.0 Å². The van der Waals surface area contributed by atoms with E-state index >= 15 is 0 Å². The first-order chi connectivity index (χ1) is 17.7. The Labute approximate surface area is 205 Å². The third kappa shape index (κ3) is 3.44. The van der Waals surface area contributed by atoms with Gasteiger partial charge >= 0.3 is 0 Å². The monoisotopic (exact) mass is 475 g/mol. The molecular formula is C27H21N7O2. The van der Waals surface area contributed by atoms with Gasteiger partial charge < -0.3 is 14.7 Å². The Kier molecular flexibility index (Phi) is 4.66. The van der Waals surface area contributed by atoms with E-state index in [0.29, 0.717) is 11.4 Å². The summed E-state index contributed by atoms with van der Waals surface area (Å²) in [6.07, 6.45) is 13.4. The summed E-state index contributed by atoms with van der Waals surface area (Å²) >= 11 is 0. The molecule has 1 amide bonds. The molecule has 0 saturated heterocycles. The number of pyridine rings is 3. The summed E-state index contributed by atoms with van der Waals surface area (Å²) in [5, 5.41) is 11.6. The van der Waals surface area contributed by atoms with E-state index in [-0.39, 0.29) is 11.8 Å². The number of H-pyrrole nitrogens is 2. The number of aromatic nitrogens is 6. The third-order valence-electron chi connectivity index (χ3n) is 6.82. The highest BCUT2D eigenvalue weighted by Gasteiger charge is 2.25. The molecule has 0 unspecified atom stereocenters. The molecule has 176 valence electrons. The Morgan fingerprint density at radius 1 is 1.00 bits per heavy atom. The van der Waals surface area contributed by atoms with Gasteiger partial charge in [0, 0.05) is 40.4 Å². The predicted molar refractivity (Wildman–Crippen MR) is 136 cm³/mol. The second-order valence-electron chi connectivity index (χ2n) is 9.09. The number of carbonyl (C=O) groups is 1. The molecule has 1 aliphatic carbocycles. The lowest BCUT2D eigenvalue weighted by Crippen LogP contribution is -2.28. The molecule has 36 heavy (non-hydrogen) atoms. The first-order valence-corrected chi connectivity index (χ1v) is 11.8. The van der Waals surface area contributed by atoms with Crippen molar-refractivity contribution in [2.75, 3.05) is 5.32 Å². The van der Waals surface area contributed by atoms with Gasteiger partial charge in [-0.05, 0) is 43.2 Å². The standard InChI is InChI=1S/C27H21N7O2/c35-27(15-2-1-3-15)30-18-8-17(10-28-11-18)21-4-5-22-25(32-21)26(34-33-22)23-9-19-20(16-6-7-36-14-16)12-29-13-24(19)31-23/h4-15,31H,1-3H2,(H,30,35)(H,33,34). The largest absolute Gasteiger partial charge is 0.472 e. The van der Waals surface area contributed by atoms with E-state index in [1.807, 2.05) is 30.5 Å². The van der Waals surface area contributed by atoms with Crippen molar-refractivity contribution in [2.24, 2.45) is 5.92 Å². The predicted octanol–water partition coefficient (Wildman–Crippen LogP) is 5.56. The van der Waals surface area contributed by atoms with Crippen molar-refractivity contribution in [1.29, 1.82) is 0 Å². The van der Waals surface area contributed by atoms with E-state index in [4.69, 9.17) is 9.40 Å². The summed E-state index contributed by atoms with van der Waals surface area (Å²) in [5.41, 5.74) is 8.17. The van der Waals surface area contributed by atoms with Gasteiger partial charge in [-0.1, -0.05) is 6.42 Å². The molecule has 0 spiro atoms. The van der Waals surface area contributed by atoms with Gasteiger partial charge in [0.25, 0.3) is 0 Å². The summed E-state index contributed by atoms with van der Waals surface area (Å²) in [4.78, 5) is 29.4. The number of hydrogen-bond donors (Lipinski definition) is 3. The van der Waals surface area contributed by atoms with Gasteiger partial charge in [-0.3, -0.25) is 19.9 Å². The first kappa shape index (κ1) is 20.6. The third-order valence-corrected chi connectivity index (χ3v) is 6.82. The van der Waals surface area contributed by atoms with Crippen molar-refractivity contribution < 1.29 is 9.21 Å². The zero-order valence-corrected chi connectivity index (χ0v) is 19.2. The van der Waals surface area contributed by atoms with Crippen LogP contribution in [0.3, 0.4) is 0 Å². The molecule has 1 fully saturated rings. The van der Waals surface area contributed by atoms with Crippen molar-refractivity contribution >= 4 is 33.5 Å². The van der Waals surface area contributed by atoms with Crippen molar-refractivity contribution in [1.82, 2.24) is 30.1 Å². The van der Waals surface area contributed by atoms with Gasteiger partial charge in [0.05, 0.1) is 53.0 Å². The minimum absolute atomic E-state index is 0.0591. The van der Waals surface area contributed by atoms with Crippen LogP contribution in [0.15, 0.2) is 72.1 Å². The number of carbonyl (C=O) groups excluding carboxylic acids is 1. The number of aromatic amines is 2. The van der Waals surface area contributed by atoms with Crippen LogP contribution in [0, 0.1) is 5.92 Å². The van der Waals surface area contributed by atoms with Gasteiger partial charge in [0.2, 0.25) is 5.91 Å². The number of furan rings is 1. The molecule has 0 atom stereocenters. The van der Waals surface area contributed by atoms with Gasteiger partial charge in [0.15, 0.2) is 0 Å². The summed E-state index contributed by atoms with van der Waals surface area (Å²) < 4.78 is 5.27. The SMILES string of the molecule is O=C(Nc1cncc(-c2ccc3[nH]nc(-c4cc5c(-c6ccoc6)cncc5[nH]4)c3n2)c1)C1CCC1. The normalized spacial score (nSPS) is 13.8. The lowest BCUT2D eigenvalue weighted by molar-refractivity contribution is -0.122. The fourth-order valence-electron chi connectivity index (χ4n) is 4.64. The Hall–Kier alpha value is -4.79. The molecular weight excluding hydrogens is 454 g/mol. The maximum Gasteiger partial charge on any atom is 0.227 e. The fraction of sp³-hybridized carbons (Fsp3) is 0.148. The van der Waals surface area contributed by atoms with Crippen LogP contribution in [0.25, 0.3) is 55.7 Å². The van der Waals surface area contributed by atoms with Crippen molar-refractivity contribution in [3.63, 3.8) is 0 Å². The first-order valence-electron chi connectivity index (χ1n) is 11.8. The number of hydrogen-bond acceptors (Lipinski definition) is 6. The Morgan fingerprint density at radius 3 is 2.75 bits per heavy atom. The molecule has 0 radical (unpaired) electrons. The van der Waals surface area contributed by atoms with Gasteiger partial charge in [-0.2, -0.15) is 5.10 Å². The van der Waals surface area contributed by atoms with E-state index in [2.05, 4.69) is 36.5 Å². The number of amides is 1. The molecule has 6 heterocycles. The van der Waals surface area contributed by atoms with Crippen molar-refractivity contribution in [2.45, 2.75) is 19.3 Å². The number of rotatable bonds is 5. The van der Waals surface area contributed by atoms with E-state index in [1.165, 1.54) is 0 Å². The zero-order chi connectivity index (χ0) is 24.1. The smallest absolute Gasteiger partial charge is 0.227 e. The van der Waals surface area contributed by atoms with Crippen LogP contribution in [0.2, 0.25) is 0 Å². The molecule has 9 nitrogen and oxygen atoms in total. The summed E-state index contributed by atoms with van der Waals surface area (Å²) in [6.45, 7) is 0. The Bertz CT molecular complexity index is 1730. The van der Waals surface area contributed by atoms with E-state index in [0.717, 1.165) is 69.3 Å². The average molecular weight is 476 g/mol. The van der Waals surface area contributed by atoms with Crippen LogP contribution < -0.4 is 5.32 Å². The molecule has 0 aromatic carbocycles. The highest BCUT2D eigenvalue weighted by atomic mass is 16.3. The maximum atomic E-state index is 12.4. The summed E-state index contributed by atoms with van der Waals surface area (Å²) in [6, 6.07) is 9.75. The highest BCUT2D eigenvalue weighted by Crippen LogP contribution is 2.34. The van der Waals surface area contributed by atoms with E-state index in [9.17, 15) is 4.79 Å². The summed E-state index contributed by atoms with van der Waals surface area (Å²) in [5.74, 6) is 0.168. The van der Waals surface area contributed by atoms with Crippen molar-refractivity contribution in [3.05, 3.63) is 67.6 Å².